The number of benzene rings is 2. The molecule has 0 aliphatic heterocycles. The maximum Gasteiger partial charge on any atom is 0.269 e. The van der Waals surface area contributed by atoms with Crippen LogP contribution in [0.3, 0.4) is 0 Å². The van der Waals surface area contributed by atoms with Gasteiger partial charge in [0.05, 0.1) is 12.8 Å². The molecule has 3 aromatic rings. The molecule has 5 nitrogen and oxygen atoms in total. The van der Waals surface area contributed by atoms with Crippen LogP contribution in [0, 0.1) is 0 Å². The number of hydrogen-bond donors (Lipinski definition) is 1. The minimum atomic E-state index is -1.05. The van der Waals surface area contributed by atoms with Gasteiger partial charge in [-0.15, -0.1) is 11.3 Å². The van der Waals surface area contributed by atoms with E-state index in [9.17, 15) is 4.79 Å². The third-order valence-corrected chi connectivity index (χ3v) is 5.51. The van der Waals surface area contributed by atoms with Crippen LogP contribution in [0.2, 0.25) is 0 Å². The summed E-state index contributed by atoms with van der Waals surface area (Å²) in [5.41, 5.74) is 2.00. The van der Waals surface area contributed by atoms with E-state index >= 15 is 0 Å². The average Bonchev–Trinajstić information content (AvgIpc) is 3.16. The molecule has 0 atom stereocenters. The smallest absolute Gasteiger partial charge is 0.269 e. The Morgan fingerprint density at radius 2 is 1.53 bits per heavy atom. The zero-order chi connectivity index (χ0) is 21.9. The van der Waals surface area contributed by atoms with Crippen LogP contribution in [0.4, 0.5) is 5.13 Å². The number of nitrogens with zero attached hydrogens (tertiary/aromatic N) is 1. The van der Waals surface area contributed by atoms with Crippen LogP contribution in [0.1, 0.15) is 40.2 Å². The Kier molecular flexibility index (Phi) is 6.17. The van der Waals surface area contributed by atoms with E-state index in [1.807, 2.05) is 53.9 Å². The van der Waals surface area contributed by atoms with Gasteiger partial charge in [-0.3, -0.25) is 10.1 Å². The van der Waals surface area contributed by atoms with Gasteiger partial charge in [-0.25, -0.2) is 4.98 Å². The highest BCUT2D eigenvalue weighted by Crippen LogP contribution is 2.29. The zero-order valence-corrected chi connectivity index (χ0v) is 19.1. The molecule has 0 radical (unpaired) electrons. The number of amides is 1. The van der Waals surface area contributed by atoms with Gasteiger partial charge in [-0.05, 0) is 61.2 Å². The highest BCUT2D eigenvalue weighted by molar-refractivity contribution is 7.14. The maximum absolute atomic E-state index is 12.8. The molecule has 1 heterocycles. The van der Waals surface area contributed by atoms with E-state index in [-0.39, 0.29) is 11.3 Å². The van der Waals surface area contributed by atoms with Crippen molar-refractivity contribution in [2.45, 2.75) is 45.6 Å². The minimum Gasteiger partial charge on any atom is -0.497 e. The van der Waals surface area contributed by atoms with E-state index < -0.39 is 5.60 Å². The molecule has 3 rings (SSSR count). The van der Waals surface area contributed by atoms with Crippen molar-refractivity contribution in [3.8, 4) is 22.8 Å². The molecule has 0 fully saturated rings. The predicted octanol–water partition coefficient (Wildman–Crippen LogP) is 5.91. The van der Waals surface area contributed by atoms with E-state index in [2.05, 4.69) is 31.1 Å². The van der Waals surface area contributed by atoms with Crippen molar-refractivity contribution in [2.24, 2.45) is 0 Å². The fourth-order valence-electron chi connectivity index (χ4n) is 2.84. The van der Waals surface area contributed by atoms with Crippen LogP contribution in [0.25, 0.3) is 11.3 Å². The van der Waals surface area contributed by atoms with Crippen LogP contribution in [0.5, 0.6) is 11.5 Å². The van der Waals surface area contributed by atoms with E-state index in [0.717, 1.165) is 17.0 Å². The van der Waals surface area contributed by atoms with E-state index in [0.29, 0.717) is 10.9 Å². The van der Waals surface area contributed by atoms with Gasteiger partial charge in [0.1, 0.15) is 11.5 Å². The third kappa shape index (κ3) is 5.19. The number of hydrogen-bond acceptors (Lipinski definition) is 5. The molecule has 0 bridgehead atoms. The third-order valence-electron chi connectivity index (χ3n) is 4.75. The summed E-state index contributed by atoms with van der Waals surface area (Å²) in [5.74, 6) is 1.19. The lowest BCUT2D eigenvalue weighted by atomic mass is 9.87. The number of ether oxygens (including phenoxy) is 2. The summed E-state index contributed by atoms with van der Waals surface area (Å²) in [6.45, 7) is 9.98. The quantitative estimate of drug-likeness (QED) is 0.534. The number of aromatic nitrogens is 1. The standard InChI is InChI=1S/C24H28N2O3S/c1-23(2,3)17-9-13-19(14-10-17)29-24(4,5)21(27)26-22-25-20(15-30-22)16-7-11-18(28-6)12-8-16/h7-15H,1-6H3,(H,25,26,27). The molecule has 2 aromatic carbocycles. The summed E-state index contributed by atoms with van der Waals surface area (Å²) < 4.78 is 11.2. The van der Waals surface area contributed by atoms with Crippen molar-refractivity contribution in [1.29, 1.82) is 0 Å². The number of rotatable bonds is 6. The first-order valence-electron chi connectivity index (χ1n) is 9.79. The molecule has 0 unspecified atom stereocenters. The number of thiazole rings is 1. The largest absolute Gasteiger partial charge is 0.497 e. The summed E-state index contributed by atoms with van der Waals surface area (Å²) in [6.07, 6.45) is 0. The zero-order valence-electron chi connectivity index (χ0n) is 18.3. The van der Waals surface area contributed by atoms with Gasteiger partial charge in [0.15, 0.2) is 10.7 Å². The number of carbonyl (C=O) groups is 1. The SMILES string of the molecule is COc1ccc(-c2csc(NC(=O)C(C)(C)Oc3ccc(C(C)(C)C)cc3)n2)cc1. The van der Waals surface area contributed by atoms with Gasteiger partial charge in [0.25, 0.3) is 5.91 Å². The molecule has 0 saturated heterocycles. The molecule has 1 aromatic heterocycles. The molecule has 30 heavy (non-hydrogen) atoms. The van der Waals surface area contributed by atoms with Crippen molar-refractivity contribution >= 4 is 22.4 Å². The fourth-order valence-corrected chi connectivity index (χ4v) is 3.55. The molecule has 6 heteroatoms. The van der Waals surface area contributed by atoms with Crippen molar-refractivity contribution < 1.29 is 14.3 Å². The maximum atomic E-state index is 12.8. The first kappa shape index (κ1) is 21.8. The van der Waals surface area contributed by atoms with Gasteiger partial charge in [-0.1, -0.05) is 32.9 Å². The Bertz CT molecular complexity index is 1000. The van der Waals surface area contributed by atoms with Crippen molar-refractivity contribution in [2.75, 3.05) is 12.4 Å². The molecule has 1 amide bonds. The van der Waals surface area contributed by atoms with Crippen LogP contribution in [0.15, 0.2) is 53.9 Å². The van der Waals surface area contributed by atoms with Gasteiger partial charge in [0.2, 0.25) is 0 Å². The second kappa shape index (κ2) is 8.48. The highest BCUT2D eigenvalue weighted by Gasteiger charge is 2.31. The van der Waals surface area contributed by atoms with E-state index in [4.69, 9.17) is 9.47 Å². The summed E-state index contributed by atoms with van der Waals surface area (Å²) in [6, 6.07) is 15.5. The molecular formula is C24H28N2O3S. The minimum absolute atomic E-state index is 0.0673. The lowest BCUT2D eigenvalue weighted by Crippen LogP contribution is -2.42. The Morgan fingerprint density at radius 3 is 2.10 bits per heavy atom. The Labute approximate surface area is 182 Å². The molecule has 0 aliphatic rings. The number of carbonyl (C=O) groups excluding carboxylic acids is 1. The molecule has 1 N–H and O–H groups in total. The monoisotopic (exact) mass is 424 g/mol. The Balaban J connectivity index is 1.66. The topological polar surface area (TPSA) is 60.5 Å². The first-order chi connectivity index (χ1) is 14.1. The molecule has 0 spiro atoms. The molecule has 158 valence electrons. The van der Waals surface area contributed by atoms with Crippen LogP contribution >= 0.6 is 11.3 Å². The van der Waals surface area contributed by atoms with E-state index in [1.165, 1.54) is 16.9 Å². The molecule has 0 aliphatic carbocycles. The molecular weight excluding hydrogens is 396 g/mol. The van der Waals surface area contributed by atoms with E-state index in [1.54, 1.807) is 21.0 Å². The summed E-state index contributed by atoms with van der Waals surface area (Å²) in [5, 5.41) is 5.32. The lowest BCUT2D eigenvalue weighted by molar-refractivity contribution is -0.128. The average molecular weight is 425 g/mol. The van der Waals surface area contributed by atoms with Crippen LogP contribution < -0.4 is 14.8 Å². The highest BCUT2D eigenvalue weighted by atomic mass is 32.1. The number of anilines is 1. The number of methoxy groups -OCH3 is 1. The Morgan fingerprint density at radius 1 is 0.933 bits per heavy atom. The van der Waals surface area contributed by atoms with Crippen molar-refractivity contribution in [1.82, 2.24) is 4.98 Å². The summed E-state index contributed by atoms with van der Waals surface area (Å²) in [7, 11) is 1.63. The molecule has 0 saturated carbocycles. The lowest BCUT2D eigenvalue weighted by Gasteiger charge is -2.25. The van der Waals surface area contributed by atoms with Gasteiger partial charge < -0.3 is 9.47 Å². The normalized spacial score (nSPS) is 11.8. The van der Waals surface area contributed by atoms with Crippen LogP contribution in [-0.2, 0) is 10.2 Å². The second-order valence-corrected chi connectivity index (χ2v) is 9.47. The predicted molar refractivity (Wildman–Crippen MR) is 123 cm³/mol. The van der Waals surface area contributed by atoms with Gasteiger partial charge in [-0.2, -0.15) is 0 Å². The number of nitrogens with one attached hydrogen (secondary N) is 1. The Hall–Kier alpha value is -2.86. The summed E-state index contributed by atoms with van der Waals surface area (Å²) in [4.78, 5) is 17.3. The van der Waals surface area contributed by atoms with Crippen LogP contribution in [-0.4, -0.2) is 23.6 Å². The first-order valence-corrected chi connectivity index (χ1v) is 10.7. The van der Waals surface area contributed by atoms with Crippen molar-refractivity contribution in [3.63, 3.8) is 0 Å². The van der Waals surface area contributed by atoms with Gasteiger partial charge >= 0.3 is 0 Å². The van der Waals surface area contributed by atoms with Gasteiger partial charge in [0, 0.05) is 10.9 Å². The summed E-state index contributed by atoms with van der Waals surface area (Å²) >= 11 is 1.38. The fraction of sp³-hybridized carbons (Fsp3) is 0.333. The second-order valence-electron chi connectivity index (χ2n) is 8.61. The van der Waals surface area contributed by atoms with Crippen molar-refractivity contribution in [3.05, 3.63) is 59.5 Å².